The smallest absolute Gasteiger partial charge is 0.254 e. The van der Waals surface area contributed by atoms with Crippen LogP contribution in [0.5, 0.6) is 0 Å². The van der Waals surface area contributed by atoms with Crippen molar-refractivity contribution in [1.29, 1.82) is 0 Å². The lowest BCUT2D eigenvalue weighted by molar-refractivity contribution is -0.137. The number of likely N-dealkylation sites (tertiary alicyclic amines) is 1. The van der Waals surface area contributed by atoms with Gasteiger partial charge in [0.05, 0.1) is 31.4 Å². The van der Waals surface area contributed by atoms with Crippen LogP contribution in [0.2, 0.25) is 0 Å². The van der Waals surface area contributed by atoms with Crippen molar-refractivity contribution < 1.29 is 19.4 Å². The van der Waals surface area contributed by atoms with Gasteiger partial charge in [0.15, 0.2) is 0 Å². The number of carbonyl (C=O) groups is 2. The highest BCUT2D eigenvalue weighted by molar-refractivity contribution is 6.01. The molecule has 2 aliphatic heterocycles. The molecule has 7 nitrogen and oxygen atoms in total. The molecular formula is C29H39N3O4. The molecule has 194 valence electrons. The fourth-order valence-electron chi connectivity index (χ4n) is 5.39. The van der Waals surface area contributed by atoms with Gasteiger partial charge in [0, 0.05) is 31.6 Å². The van der Waals surface area contributed by atoms with Crippen LogP contribution < -0.4 is 0 Å². The summed E-state index contributed by atoms with van der Waals surface area (Å²) < 4.78 is 6.53. The van der Waals surface area contributed by atoms with Crippen LogP contribution in [0.1, 0.15) is 42.6 Å². The molecule has 1 saturated heterocycles. The first-order valence-corrected chi connectivity index (χ1v) is 13.0. The molecule has 1 fully saturated rings. The molecule has 0 unspecified atom stereocenters. The maximum atomic E-state index is 13.9. The van der Waals surface area contributed by atoms with E-state index in [0.29, 0.717) is 25.3 Å². The predicted octanol–water partition coefficient (Wildman–Crippen LogP) is 3.26. The molecule has 2 amide bonds. The van der Waals surface area contributed by atoms with Gasteiger partial charge in [-0.25, -0.2) is 0 Å². The monoisotopic (exact) mass is 493 g/mol. The third-order valence-corrected chi connectivity index (χ3v) is 7.73. The SMILES string of the molecule is C[C@@H]1CN([C@H](C)CO)C(=O)c2ccccc2-c2ccccc2CO[C@@H]1CN(C)C(=O)[C@H]1CCCN1C. The van der Waals surface area contributed by atoms with Gasteiger partial charge in [-0.3, -0.25) is 14.5 Å². The van der Waals surface area contributed by atoms with Gasteiger partial charge in [-0.1, -0.05) is 49.4 Å². The zero-order valence-corrected chi connectivity index (χ0v) is 21.9. The highest BCUT2D eigenvalue weighted by atomic mass is 16.5. The highest BCUT2D eigenvalue weighted by Gasteiger charge is 2.34. The van der Waals surface area contributed by atoms with E-state index in [9.17, 15) is 14.7 Å². The quantitative estimate of drug-likeness (QED) is 0.692. The van der Waals surface area contributed by atoms with Gasteiger partial charge in [-0.2, -0.15) is 0 Å². The van der Waals surface area contributed by atoms with Crippen molar-refractivity contribution in [3.8, 4) is 11.1 Å². The molecule has 2 heterocycles. The topological polar surface area (TPSA) is 73.3 Å². The Balaban J connectivity index is 1.68. The first-order chi connectivity index (χ1) is 17.3. The molecule has 0 aromatic heterocycles. The van der Waals surface area contributed by atoms with Crippen LogP contribution in [0.15, 0.2) is 48.5 Å². The summed E-state index contributed by atoms with van der Waals surface area (Å²) in [6.07, 6.45) is 1.63. The Bertz CT molecular complexity index is 1070. The summed E-state index contributed by atoms with van der Waals surface area (Å²) in [6.45, 7) is 5.97. The fraction of sp³-hybridized carbons (Fsp3) is 0.517. The number of likely N-dealkylation sites (N-methyl/N-ethyl adjacent to an activating group) is 2. The number of rotatable bonds is 5. The molecule has 7 heteroatoms. The maximum Gasteiger partial charge on any atom is 0.254 e. The van der Waals surface area contributed by atoms with Crippen LogP contribution in [-0.4, -0.2) is 90.1 Å². The first-order valence-electron chi connectivity index (χ1n) is 13.0. The Morgan fingerprint density at radius 2 is 1.81 bits per heavy atom. The molecule has 0 spiro atoms. The van der Waals surface area contributed by atoms with Gasteiger partial charge in [-0.15, -0.1) is 0 Å². The van der Waals surface area contributed by atoms with E-state index < -0.39 is 0 Å². The van der Waals surface area contributed by atoms with Crippen molar-refractivity contribution in [2.75, 3.05) is 40.3 Å². The van der Waals surface area contributed by atoms with Gasteiger partial charge in [0.1, 0.15) is 0 Å². The van der Waals surface area contributed by atoms with E-state index in [0.717, 1.165) is 36.1 Å². The Kier molecular flexibility index (Phi) is 8.44. The second-order valence-corrected chi connectivity index (χ2v) is 10.4. The van der Waals surface area contributed by atoms with Crippen molar-refractivity contribution in [2.24, 2.45) is 5.92 Å². The van der Waals surface area contributed by atoms with E-state index in [1.807, 2.05) is 69.6 Å². The van der Waals surface area contributed by atoms with E-state index >= 15 is 0 Å². The lowest BCUT2D eigenvalue weighted by atomic mass is 9.94. The fourth-order valence-corrected chi connectivity index (χ4v) is 5.39. The number of nitrogens with zero attached hydrogens (tertiary/aromatic N) is 3. The third kappa shape index (κ3) is 5.48. The van der Waals surface area contributed by atoms with Gasteiger partial charge < -0.3 is 19.6 Å². The number of hydrogen-bond donors (Lipinski definition) is 1. The van der Waals surface area contributed by atoms with E-state index in [4.69, 9.17) is 4.74 Å². The van der Waals surface area contributed by atoms with Gasteiger partial charge in [-0.05, 0) is 56.1 Å². The number of benzene rings is 2. The molecule has 4 rings (SSSR count). The summed E-state index contributed by atoms with van der Waals surface area (Å²) in [4.78, 5) is 32.8. The number of aliphatic hydroxyl groups is 1. The van der Waals surface area contributed by atoms with Crippen molar-refractivity contribution in [3.05, 3.63) is 59.7 Å². The Morgan fingerprint density at radius 3 is 2.47 bits per heavy atom. The molecule has 0 aliphatic carbocycles. The lowest BCUT2D eigenvalue weighted by Gasteiger charge is -2.35. The number of aliphatic hydroxyl groups excluding tert-OH is 1. The molecular weight excluding hydrogens is 454 g/mol. The molecule has 2 aromatic carbocycles. The van der Waals surface area contributed by atoms with E-state index in [2.05, 4.69) is 11.8 Å². The normalized spacial score (nSPS) is 24.0. The minimum atomic E-state index is -0.351. The third-order valence-electron chi connectivity index (χ3n) is 7.73. The minimum Gasteiger partial charge on any atom is -0.394 e. The molecule has 0 bridgehead atoms. The largest absolute Gasteiger partial charge is 0.394 e. The van der Waals surface area contributed by atoms with Crippen molar-refractivity contribution in [3.63, 3.8) is 0 Å². The molecule has 0 saturated carbocycles. The van der Waals surface area contributed by atoms with Crippen LogP contribution in [0.4, 0.5) is 0 Å². The number of amides is 2. The van der Waals surface area contributed by atoms with Crippen molar-refractivity contribution >= 4 is 11.8 Å². The maximum absolute atomic E-state index is 13.9. The Hall–Kier alpha value is -2.74. The zero-order chi connectivity index (χ0) is 25.8. The molecule has 2 aliphatic rings. The summed E-state index contributed by atoms with van der Waals surface area (Å²) in [5, 5.41) is 9.99. The van der Waals surface area contributed by atoms with Gasteiger partial charge in [0.25, 0.3) is 5.91 Å². The summed E-state index contributed by atoms with van der Waals surface area (Å²) in [5.41, 5.74) is 3.44. The number of carbonyl (C=O) groups excluding carboxylic acids is 2. The summed E-state index contributed by atoms with van der Waals surface area (Å²) in [5.74, 6) is -0.0482. The second-order valence-electron chi connectivity index (χ2n) is 10.4. The van der Waals surface area contributed by atoms with E-state index in [-0.39, 0.29) is 42.5 Å². The standard InChI is InChI=1S/C29H39N3O4/c1-20-16-32(21(2)18-33)28(34)25-13-8-7-12-24(25)23-11-6-5-10-22(23)19-36-27(20)17-31(4)29(35)26-14-9-15-30(26)3/h5-8,10-13,20-21,26-27,33H,9,14-19H2,1-4H3/t20-,21-,26-,27-/m1/s1. The summed E-state index contributed by atoms with van der Waals surface area (Å²) in [6, 6.07) is 15.2. The Labute approximate surface area is 214 Å². The number of hydrogen-bond acceptors (Lipinski definition) is 5. The molecule has 4 atom stereocenters. The van der Waals surface area contributed by atoms with Crippen molar-refractivity contribution in [2.45, 2.75) is 51.5 Å². The Morgan fingerprint density at radius 1 is 1.14 bits per heavy atom. The molecule has 1 N–H and O–H groups in total. The minimum absolute atomic E-state index is 0.0584. The number of fused-ring (bicyclic) bond motifs is 3. The lowest BCUT2D eigenvalue weighted by Crippen LogP contribution is -2.49. The summed E-state index contributed by atoms with van der Waals surface area (Å²) >= 11 is 0. The van der Waals surface area contributed by atoms with Crippen LogP contribution >= 0.6 is 0 Å². The van der Waals surface area contributed by atoms with E-state index in [1.165, 1.54) is 0 Å². The van der Waals surface area contributed by atoms with Crippen LogP contribution in [0, 0.1) is 5.92 Å². The van der Waals surface area contributed by atoms with E-state index in [1.54, 1.807) is 9.80 Å². The average molecular weight is 494 g/mol. The predicted molar refractivity (Wildman–Crippen MR) is 140 cm³/mol. The van der Waals surface area contributed by atoms with Crippen LogP contribution in [-0.2, 0) is 16.1 Å². The second kappa shape index (κ2) is 11.5. The first kappa shape index (κ1) is 26.3. The molecule has 0 radical (unpaired) electrons. The van der Waals surface area contributed by atoms with Gasteiger partial charge >= 0.3 is 0 Å². The highest BCUT2D eigenvalue weighted by Crippen LogP contribution is 2.31. The van der Waals surface area contributed by atoms with Gasteiger partial charge in [0.2, 0.25) is 5.91 Å². The zero-order valence-electron chi connectivity index (χ0n) is 21.9. The molecule has 36 heavy (non-hydrogen) atoms. The van der Waals surface area contributed by atoms with Crippen LogP contribution in [0.25, 0.3) is 11.1 Å². The summed E-state index contributed by atoms with van der Waals surface area (Å²) in [7, 11) is 3.85. The van der Waals surface area contributed by atoms with Crippen molar-refractivity contribution in [1.82, 2.24) is 14.7 Å². The average Bonchev–Trinajstić information content (AvgIpc) is 3.33. The molecule has 2 aromatic rings. The number of ether oxygens (including phenoxy) is 1. The van der Waals surface area contributed by atoms with Crippen LogP contribution in [0.3, 0.4) is 0 Å².